The Kier molecular flexibility index (Phi) is 4.55. The number of nitriles is 1. The first kappa shape index (κ1) is 13.7. The number of hydrogen-bond donors (Lipinski definition) is 1. The van der Waals surface area contributed by atoms with E-state index in [1.165, 1.54) is 6.92 Å². The Bertz CT molecular complexity index is 272. The van der Waals surface area contributed by atoms with Crippen LogP contribution in [-0.4, -0.2) is 18.7 Å². The van der Waals surface area contributed by atoms with E-state index in [0.717, 1.165) is 0 Å². The van der Waals surface area contributed by atoms with Gasteiger partial charge < -0.3 is 0 Å². The Morgan fingerprint density at radius 2 is 2.07 bits per heavy atom. The van der Waals surface area contributed by atoms with E-state index < -0.39 is 24.1 Å². The van der Waals surface area contributed by atoms with Crippen molar-refractivity contribution in [2.75, 3.05) is 6.61 Å². The molecule has 1 unspecified atom stereocenters. The summed E-state index contributed by atoms with van der Waals surface area (Å²) in [5, 5.41) is 8.63. The van der Waals surface area contributed by atoms with Crippen molar-refractivity contribution in [1.82, 2.24) is 5.48 Å². The van der Waals surface area contributed by atoms with Crippen LogP contribution in [0.5, 0.6) is 0 Å². The van der Waals surface area contributed by atoms with E-state index in [1.807, 2.05) is 0 Å². The molecule has 15 heavy (non-hydrogen) atoms. The first-order valence-corrected chi connectivity index (χ1v) is 4.15. The fourth-order valence-electron chi connectivity index (χ4n) is 0.586. The van der Waals surface area contributed by atoms with Gasteiger partial charge in [-0.2, -0.15) is 18.4 Å². The lowest BCUT2D eigenvalue weighted by molar-refractivity contribution is -0.193. The molecule has 0 aromatic carbocycles. The van der Waals surface area contributed by atoms with Crippen LogP contribution >= 0.6 is 0 Å². The number of alkyl halides is 3. The average molecular weight is 224 g/mol. The zero-order chi connectivity index (χ0) is 12.1. The van der Waals surface area contributed by atoms with E-state index in [1.54, 1.807) is 18.5 Å². The van der Waals surface area contributed by atoms with Crippen LogP contribution in [0.1, 0.15) is 20.3 Å². The number of nitrogens with one attached hydrogen (secondary N) is 1. The molecule has 86 valence electrons. The molecule has 0 aromatic rings. The number of hydroxylamine groups is 1. The van der Waals surface area contributed by atoms with Crippen molar-refractivity contribution >= 4 is 5.91 Å². The first-order chi connectivity index (χ1) is 6.75. The summed E-state index contributed by atoms with van der Waals surface area (Å²) in [5.74, 6) is -0.878. The molecule has 0 aliphatic rings. The van der Waals surface area contributed by atoms with Crippen molar-refractivity contribution in [3.05, 3.63) is 0 Å². The van der Waals surface area contributed by atoms with Crippen molar-refractivity contribution in [3.63, 3.8) is 0 Å². The Hall–Kier alpha value is -1.29. The van der Waals surface area contributed by atoms with Crippen LogP contribution in [0.15, 0.2) is 0 Å². The smallest absolute Gasteiger partial charge is 0.271 e. The van der Waals surface area contributed by atoms with Crippen molar-refractivity contribution in [2.45, 2.75) is 26.4 Å². The van der Waals surface area contributed by atoms with E-state index in [4.69, 9.17) is 5.26 Å². The average Bonchev–Trinajstić information content (AvgIpc) is 2.14. The Balaban J connectivity index is 4.11. The van der Waals surface area contributed by atoms with Gasteiger partial charge in [0.25, 0.3) is 5.91 Å². The summed E-state index contributed by atoms with van der Waals surface area (Å²) in [6.07, 6.45) is -4.33. The monoisotopic (exact) mass is 224 g/mol. The lowest BCUT2D eigenvalue weighted by Gasteiger charge is -2.18. The molecule has 0 saturated heterocycles. The zero-order valence-electron chi connectivity index (χ0n) is 8.31. The van der Waals surface area contributed by atoms with E-state index in [2.05, 4.69) is 4.84 Å². The van der Waals surface area contributed by atoms with Crippen LogP contribution in [0.25, 0.3) is 0 Å². The summed E-state index contributed by atoms with van der Waals surface area (Å²) in [7, 11) is 0. The molecule has 1 atom stereocenters. The molecule has 0 bridgehead atoms. The van der Waals surface area contributed by atoms with Crippen molar-refractivity contribution in [2.24, 2.45) is 5.41 Å². The molecule has 0 saturated carbocycles. The number of carbonyl (C=O) groups is 1. The normalized spacial score (nSPS) is 15.2. The van der Waals surface area contributed by atoms with Crippen molar-refractivity contribution in [3.8, 4) is 6.07 Å². The molecule has 7 heteroatoms. The van der Waals surface area contributed by atoms with E-state index in [0.29, 0.717) is 0 Å². The molecule has 0 aliphatic carbocycles. The minimum absolute atomic E-state index is 0.185. The highest BCUT2D eigenvalue weighted by atomic mass is 19.4. The van der Waals surface area contributed by atoms with Gasteiger partial charge in [0.15, 0.2) is 6.61 Å². The molecule has 0 fully saturated rings. The summed E-state index contributed by atoms with van der Waals surface area (Å²) in [6, 6.07) is 1.70. The number of hydrogen-bond acceptors (Lipinski definition) is 3. The van der Waals surface area contributed by atoms with Gasteiger partial charge in [0.2, 0.25) is 0 Å². The number of halogens is 3. The molecule has 0 rings (SSSR count). The molecular weight excluding hydrogens is 213 g/mol. The quantitative estimate of drug-likeness (QED) is 0.736. The second-order valence-corrected chi connectivity index (χ2v) is 3.13. The third-order valence-electron chi connectivity index (χ3n) is 1.86. The molecule has 4 nitrogen and oxygen atoms in total. The fraction of sp³-hybridized carbons (Fsp3) is 0.750. The molecule has 1 N–H and O–H groups in total. The molecule has 0 aliphatic heterocycles. The zero-order valence-corrected chi connectivity index (χ0v) is 8.31. The summed E-state index contributed by atoms with van der Waals surface area (Å²) in [4.78, 5) is 15.1. The number of rotatable bonds is 4. The summed E-state index contributed by atoms with van der Waals surface area (Å²) in [5.41, 5.74) is 0.231. The lowest BCUT2D eigenvalue weighted by Crippen LogP contribution is -2.39. The predicted molar refractivity (Wildman–Crippen MR) is 44.2 cm³/mol. The maximum atomic E-state index is 11.6. The third-order valence-corrected chi connectivity index (χ3v) is 1.86. The van der Waals surface area contributed by atoms with Gasteiger partial charge in [0.05, 0.1) is 6.07 Å². The summed E-state index contributed by atoms with van der Waals surface area (Å²) >= 11 is 0. The third kappa shape index (κ3) is 4.65. The second kappa shape index (κ2) is 4.98. The van der Waals surface area contributed by atoms with Gasteiger partial charge in [0.1, 0.15) is 5.41 Å². The Morgan fingerprint density at radius 1 is 1.53 bits per heavy atom. The standard InChI is InChI=1S/C8H11F3N2O2/c1-3-7(2,4-12)6(14)13-15-5-8(9,10)11/h3,5H2,1-2H3,(H,13,14). The van der Waals surface area contributed by atoms with Gasteiger partial charge in [-0.25, -0.2) is 5.48 Å². The minimum Gasteiger partial charge on any atom is -0.271 e. The molecule has 1 amide bonds. The molecule has 0 heterocycles. The summed E-state index contributed by atoms with van der Waals surface area (Å²) < 4.78 is 34.9. The van der Waals surface area contributed by atoms with Crippen LogP contribution < -0.4 is 5.48 Å². The fourth-order valence-corrected chi connectivity index (χ4v) is 0.586. The lowest BCUT2D eigenvalue weighted by atomic mass is 9.89. The van der Waals surface area contributed by atoms with Crippen LogP contribution in [0, 0.1) is 16.7 Å². The number of carbonyl (C=O) groups excluding carboxylic acids is 1. The van der Waals surface area contributed by atoms with E-state index in [9.17, 15) is 18.0 Å². The Labute approximate surface area is 85.0 Å². The molecule has 0 radical (unpaired) electrons. The van der Waals surface area contributed by atoms with E-state index in [-0.39, 0.29) is 6.42 Å². The topological polar surface area (TPSA) is 62.1 Å². The second-order valence-electron chi connectivity index (χ2n) is 3.13. The van der Waals surface area contributed by atoms with Gasteiger partial charge in [-0.1, -0.05) is 6.92 Å². The first-order valence-electron chi connectivity index (χ1n) is 4.15. The van der Waals surface area contributed by atoms with Gasteiger partial charge in [-0.15, -0.1) is 0 Å². The van der Waals surface area contributed by atoms with Gasteiger partial charge in [-0.3, -0.25) is 9.63 Å². The molecule has 0 spiro atoms. The largest absolute Gasteiger partial charge is 0.414 e. The van der Waals surface area contributed by atoms with Crippen molar-refractivity contribution < 1.29 is 22.8 Å². The highest BCUT2D eigenvalue weighted by Crippen LogP contribution is 2.20. The van der Waals surface area contributed by atoms with E-state index >= 15 is 0 Å². The van der Waals surface area contributed by atoms with Crippen LogP contribution in [0.4, 0.5) is 13.2 Å². The van der Waals surface area contributed by atoms with Gasteiger partial charge in [0, 0.05) is 0 Å². The molecular formula is C8H11F3N2O2. The van der Waals surface area contributed by atoms with Crippen molar-refractivity contribution in [1.29, 1.82) is 5.26 Å². The molecule has 0 aromatic heterocycles. The van der Waals surface area contributed by atoms with Crippen LogP contribution in [0.2, 0.25) is 0 Å². The predicted octanol–water partition coefficient (Wildman–Crippen LogP) is 1.54. The van der Waals surface area contributed by atoms with Gasteiger partial charge >= 0.3 is 6.18 Å². The highest BCUT2D eigenvalue weighted by Gasteiger charge is 2.33. The highest BCUT2D eigenvalue weighted by molar-refractivity contribution is 5.83. The number of nitrogens with zero attached hydrogens (tertiary/aromatic N) is 1. The Morgan fingerprint density at radius 3 is 2.40 bits per heavy atom. The SMILES string of the molecule is CCC(C)(C#N)C(=O)NOCC(F)(F)F. The summed E-state index contributed by atoms with van der Waals surface area (Å²) in [6.45, 7) is 1.32. The number of amides is 1. The van der Waals surface area contributed by atoms with Gasteiger partial charge in [-0.05, 0) is 13.3 Å². The van der Waals surface area contributed by atoms with Crippen LogP contribution in [-0.2, 0) is 9.63 Å². The maximum Gasteiger partial charge on any atom is 0.414 e. The minimum atomic E-state index is -4.51. The van der Waals surface area contributed by atoms with Crippen LogP contribution in [0.3, 0.4) is 0 Å². The maximum absolute atomic E-state index is 11.6.